The number of carbonyl (C=O) groups is 2. The number of carboxylic acid groups (broad SMARTS) is 1. The van der Waals surface area contributed by atoms with Crippen LogP contribution in [0.25, 0.3) is 0 Å². The van der Waals surface area contributed by atoms with Crippen molar-refractivity contribution in [1.29, 1.82) is 5.26 Å². The van der Waals surface area contributed by atoms with Crippen LogP contribution in [0.5, 0.6) is 0 Å². The Balaban J connectivity index is 1.39. The molecule has 1 aromatic heterocycles. The van der Waals surface area contributed by atoms with E-state index < -0.39 is 29.3 Å². The average molecular weight is 489 g/mol. The van der Waals surface area contributed by atoms with Gasteiger partial charge in [0.2, 0.25) is 0 Å². The molecular weight excluding hydrogens is 463 g/mol. The molecular formula is C24H26ClFN4O4. The fraction of sp³-hybridized carbons (Fsp3) is 0.417. The Morgan fingerprint density at radius 1 is 1.32 bits per heavy atom. The van der Waals surface area contributed by atoms with Gasteiger partial charge in [0.1, 0.15) is 17.7 Å². The fourth-order valence-corrected chi connectivity index (χ4v) is 3.96. The van der Waals surface area contributed by atoms with Crippen LogP contribution in [-0.4, -0.2) is 47.8 Å². The molecule has 0 spiro atoms. The van der Waals surface area contributed by atoms with Crippen molar-refractivity contribution in [3.63, 3.8) is 0 Å². The van der Waals surface area contributed by atoms with Gasteiger partial charge in [-0.2, -0.15) is 5.26 Å². The molecule has 10 heteroatoms. The van der Waals surface area contributed by atoms with E-state index in [-0.39, 0.29) is 23.6 Å². The van der Waals surface area contributed by atoms with Gasteiger partial charge in [-0.05, 0) is 55.9 Å². The van der Waals surface area contributed by atoms with Crippen LogP contribution in [0.1, 0.15) is 52.9 Å². The number of amides is 1. The Hall–Kier alpha value is -3.22. The van der Waals surface area contributed by atoms with Crippen LogP contribution in [0.2, 0.25) is 5.02 Å². The molecule has 3 N–H and O–H groups in total. The van der Waals surface area contributed by atoms with E-state index >= 15 is 0 Å². The maximum absolute atomic E-state index is 14.2. The lowest BCUT2D eigenvalue weighted by molar-refractivity contribution is -0.139. The maximum atomic E-state index is 14.2. The zero-order valence-electron chi connectivity index (χ0n) is 18.6. The number of aliphatic carboxylic acids is 1. The molecule has 180 valence electrons. The molecule has 0 bridgehead atoms. The van der Waals surface area contributed by atoms with Gasteiger partial charge in [-0.15, -0.1) is 0 Å². The molecule has 1 aliphatic rings. The van der Waals surface area contributed by atoms with Gasteiger partial charge in [-0.3, -0.25) is 4.79 Å². The minimum Gasteiger partial charge on any atom is -0.480 e. The molecule has 1 aliphatic heterocycles. The second kappa shape index (κ2) is 12.3. The first-order chi connectivity index (χ1) is 16.4. The van der Waals surface area contributed by atoms with Gasteiger partial charge >= 0.3 is 5.97 Å². The smallest absolute Gasteiger partial charge is 0.326 e. The van der Waals surface area contributed by atoms with E-state index in [0.717, 1.165) is 62.3 Å². The summed E-state index contributed by atoms with van der Waals surface area (Å²) < 4.78 is 19.7. The zero-order valence-corrected chi connectivity index (χ0v) is 19.3. The van der Waals surface area contributed by atoms with Gasteiger partial charge < -0.3 is 20.5 Å². The number of carboxylic acids is 1. The second-order valence-electron chi connectivity index (χ2n) is 7.99. The number of benzene rings is 1. The first-order valence-corrected chi connectivity index (χ1v) is 11.5. The molecule has 2 aromatic rings. The molecule has 8 nitrogen and oxygen atoms in total. The van der Waals surface area contributed by atoms with E-state index in [1.54, 1.807) is 6.07 Å². The Labute approximate surface area is 202 Å². The summed E-state index contributed by atoms with van der Waals surface area (Å²) >= 11 is 5.89. The van der Waals surface area contributed by atoms with Crippen LogP contribution in [0, 0.1) is 17.1 Å². The number of aromatic nitrogens is 1. The van der Waals surface area contributed by atoms with Crippen molar-refractivity contribution < 1.29 is 23.8 Å². The van der Waals surface area contributed by atoms with Crippen molar-refractivity contribution in [3.05, 3.63) is 57.5 Å². The molecule has 2 heterocycles. The third-order valence-corrected chi connectivity index (χ3v) is 5.77. The summed E-state index contributed by atoms with van der Waals surface area (Å²) in [4.78, 5) is 28.5. The molecule has 0 saturated carbocycles. The third kappa shape index (κ3) is 6.89. The molecule has 1 atom stereocenters. The van der Waals surface area contributed by atoms with Gasteiger partial charge in [0.15, 0.2) is 0 Å². The molecule has 1 amide bonds. The lowest BCUT2D eigenvalue weighted by Crippen LogP contribution is -2.42. The Bertz CT molecular complexity index is 1070. The summed E-state index contributed by atoms with van der Waals surface area (Å²) in [6.07, 6.45) is 4.66. The summed E-state index contributed by atoms with van der Waals surface area (Å²) in [5.41, 5.74) is 1.73. The van der Waals surface area contributed by atoms with E-state index in [0.29, 0.717) is 6.61 Å². The highest BCUT2D eigenvalue weighted by atomic mass is 35.5. The molecule has 0 radical (unpaired) electrons. The molecule has 0 unspecified atom stereocenters. The number of nitrogens with one attached hydrogen (secondary N) is 2. The molecule has 1 aromatic carbocycles. The van der Waals surface area contributed by atoms with Gasteiger partial charge in [-0.25, -0.2) is 14.2 Å². The predicted molar refractivity (Wildman–Crippen MR) is 124 cm³/mol. The topological polar surface area (TPSA) is 124 Å². The fourth-order valence-electron chi connectivity index (χ4n) is 3.66. The maximum Gasteiger partial charge on any atom is 0.326 e. The van der Waals surface area contributed by atoms with E-state index in [2.05, 4.69) is 27.8 Å². The zero-order chi connectivity index (χ0) is 24.5. The van der Waals surface area contributed by atoms with Crippen LogP contribution >= 0.6 is 11.6 Å². The number of hydrogen-bond acceptors (Lipinski definition) is 6. The largest absolute Gasteiger partial charge is 0.480 e. The standard InChI is InChI=1S/C24H26ClFN4O4/c25-18-12-15(14-27)13-19(26)21(18)23(31)30-20(24(32)33)8-11-34-10-2-1-5-17-7-6-16-4-3-9-28-22(16)29-17/h6-7,12-13,20H,1-5,8-11H2,(H,28,29)(H,30,31)(H,32,33)/t20-/m0/s1. The Morgan fingerprint density at radius 3 is 2.88 bits per heavy atom. The number of rotatable bonds is 11. The number of unbranched alkanes of at least 4 members (excludes halogenated alkanes) is 1. The molecule has 0 saturated heterocycles. The highest BCUT2D eigenvalue weighted by Gasteiger charge is 2.24. The number of pyridine rings is 1. The third-order valence-electron chi connectivity index (χ3n) is 5.48. The van der Waals surface area contributed by atoms with Crippen LogP contribution < -0.4 is 10.6 Å². The van der Waals surface area contributed by atoms with Crippen molar-refractivity contribution in [1.82, 2.24) is 10.3 Å². The van der Waals surface area contributed by atoms with Gasteiger partial charge in [-0.1, -0.05) is 17.7 Å². The second-order valence-corrected chi connectivity index (χ2v) is 8.40. The summed E-state index contributed by atoms with van der Waals surface area (Å²) in [6, 6.07) is 6.65. The summed E-state index contributed by atoms with van der Waals surface area (Å²) in [6.45, 7) is 1.51. The van der Waals surface area contributed by atoms with Crippen molar-refractivity contribution in [2.45, 2.75) is 44.6 Å². The molecule has 0 aliphatic carbocycles. The van der Waals surface area contributed by atoms with Gasteiger partial charge in [0, 0.05) is 31.9 Å². The van der Waals surface area contributed by atoms with E-state index in [1.807, 2.05) is 0 Å². The van der Waals surface area contributed by atoms with Crippen molar-refractivity contribution in [2.75, 3.05) is 25.1 Å². The monoisotopic (exact) mass is 488 g/mol. The summed E-state index contributed by atoms with van der Waals surface area (Å²) in [5.74, 6) is -2.25. The summed E-state index contributed by atoms with van der Waals surface area (Å²) in [5, 5.41) is 23.5. The van der Waals surface area contributed by atoms with E-state index in [4.69, 9.17) is 21.6 Å². The number of nitrogens with zero attached hydrogens (tertiary/aromatic N) is 2. The number of aryl methyl sites for hydroxylation is 2. The Kier molecular flexibility index (Phi) is 9.19. The SMILES string of the molecule is N#Cc1cc(F)c(C(=O)N[C@@H](CCOCCCCc2ccc3c(n2)NCCC3)C(=O)O)c(Cl)c1. The highest BCUT2D eigenvalue weighted by Crippen LogP contribution is 2.22. The first-order valence-electron chi connectivity index (χ1n) is 11.1. The number of carbonyl (C=O) groups excluding carboxylic acids is 1. The predicted octanol–water partition coefficient (Wildman–Crippen LogP) is 3.72. The first kappa shape index (κ1) is 25.4. The molecule has 34 heavy (non-hydrogen) atoms. The summed E-state index contributed by atoms with van der Waals surface area (Å²) in [7, 11) is 0. The Morgan fingerprint density at radius 2 is 2.15 bits per heavy atom. The number of ether oxygens (including phenoxy) is 1. The average Bonchev–Trinajstić information content (AvgIpc) is 2.81. The van der Waals surface area contributed by atoms with Crippen LogP contribution in [0.4, 0.5) is 10.2 Å². The van der Waals surface area contributed by atoms with Crippen LogP contribution in [-0.2, 0) is 22.4 Å². The van der Waals surface area contributed by atoms with Crippen molar-refractivity contribution in [3.8, 4) is 6.07 Å². The molecule has 3 rings (SSSR count). The quantitative estimate of drug-likeness (QED) is 0.412. The van der Waals surface area contributed by atoms with Crippen molar-refractivity contribution in [2.24, 2.45) is 0 Å². The number of halogens is 2. The number of nitriles is 1. The number of hydrogen-bond donors (Lipinski definition) is 3. The minimum atomic E-state index is -1.27. The lowest BCUT2D eigenvalue weighted by Gasteiger charge is -2.17. The normalized spacial score (nSPS) is 13.3. The van der Waals surface area contributed by atoms with E-state index in [9.17, 15) is 19.1 Å². The molecule has 0 fully saturated rings. The highest BCUT2D eigenvalue weighted by molar-refractivity contribution is 6.34. The van der Waals surface area contributed by atoms with Gasteiger partial charge in [0.05, 0.1) is 22.2 Å². The van der Waals surface area contributed by atoms with Crippen molar-refractivity contribution >= 4 is 29.3 Å². The van der Waals surface area contributed by atoms with Crippen LogP contribution in [0.3, 0.4) is 0 Å². The number of anilines is 1. The number of fused-ring (bicyclic) bond motifs is 1. The van der Waals surface area contributed by atoms with E-state index in [1.165, 1.54) is 5.56 Å². The van der Waals surface area contributed by atoms with Crippen LogP contribution in [0.15, 0.2) is 24.3 Å². The van der Waals surface area contributed by atoms with Gasteiger partial charge in [0.25, 0.3) is 5.91 Å². The minimum absolute atomic E-state index is 0.00857. The lowest BCUT2D eigenvalue weighted by atomic mass is 10.1.